The monoisotopic (exact) mass is 454 g/mol. The van der Waals surface area contributed by atoms with Crippen molar-refractivity contribution in [2.45, 2.75) is 17.7 Å². The first-order chi connectivity index (χ1) is 13.3. The van der Waals surface area contributed by atoms with Gasteiger partial charge in [0.25, 0.3) is 5.91 Å². The number of fused-ring (bicyclic) bond motifs is 1. The Bertz CT molecular complexity index is 1070. The number of hydrogen-bond donors (Lipinski definition) is 0. The van der Waals surface area contributed by atoms with Gasteiger partial charge in [-0.2, -0.15) is 4.99 Å². The highest BCUT2D eigenvalue weighted by atomic mass is 35.5. The molecule has 2 aliphatic heterocycles. The fourth-order valence-corrected chi connectivity index (χ4v) is 7.80. The van der Waals surface area contributed by atoms with Crippen LogP contribution in [0.25, 0.3) is 0 Å². The molecule has 0 saturated carbocycles. The summed E-state index contributed by atoms with van der Waals surface area (Å²) in [5.41, 5.74) is 1.36. The molecule has 0 aromatic heterocycles. The second-order valence-corrected chi connectivity index (χ2v) is 10.9. The summed E-state index contributed by atoms with van der Waals surface area (Å²) < 4.78 is 24.2. The summed E-state index contributed by atoms with van der Waals surface area (Å²) in [5.74, 6) is -0.246. The molecule has 1 amide bonds. The molecule has 0 radical (unpaired) electrons. The molecule has 2 fully saturated rings. The zero-order valence-electron chi connectivity index (χ0n) is 14.6. The van der Waals surface area contributed by atoms with Crippen LogP contribution < -0.4 is 4.90 Å². The van der Waals surface area contributed by atoms with Crippen LogP contribution in [0.3, 0.4) is 0 Å². The third-order valence-electron chi connectivity index (χ3n) is 4.70. The van der Waals surface area contributed by atoms with Crippen LogP contribution in [0, 0.1) is 0 Å². The minimum Gasteiger partial charge on any atom is -0.314 e. The fraction of sp³-hybridized carbons (Fsp3) is 0.263. The van der Waals surface area contributed by atoms with E-state index in [0.717, 1.165) is 0 Å². The van der Waals surface area contributed by atoms with E-state index in [9.17, 15) is 13.2 Å². The molecule has 146 valence electrons. The molecule has 9 heteroatoms. The van der Waals surface area contributed by atoms with Gasteiger partial charge in [0.2, 0.25) is 0 Å². The number of sulfone groups is 1. The number of thioether (sulfide) groups is 1. The summed E-state index contributed by atoms with van der Waals surface area (Å²) in [6, 6.07) is 14.0. The lowest BCUT2D eigenvalue weighted by Crippen LogP contribution is -2.38. The SMILES string of the molecule is O=C(Cc1ccccc1Cl)N=C1SC2CS(=O)(=O)CC2N1c1ccccc1Cl. The lowest BCUT2D eigenvalue weighted by molar-refractivity contribution is -0.117. The molecule has 4 rings (SSSR count). The van der Waals surface area contributed by atoms with Gasteiger partial charge in [0, 0.05) is 10.3 Å². The van der Waals surface area contributed by atoms with Crippen molar-refractivity contribution in [3.05, 3.63) is 64.1 Å². The van der Waals surface area contributed by atoms with Gasteiger partial charge in [0.15, 0.2) is 15.0 Å². The number of aliphatic imine (C=N–C) groups is 1. The molecule has 2 aromatic carbocycles. The molecule has 0 N–H and O–H groups in total. The number of benzene rings is 2. The Morgan fingerprint density at radius 2 is 1.75 bits per heavy atom. The van der Waals surface area contributed by atoms with E-state index < -0.39 is 9.84 Å². The maximum atomic E-state index is 12.6. The summed E-state index contributed by atoms with van der Waals surface area (Å²) in [4.78, 5) is 18.7. The first-order valence-electron chi connectivity index (χ1n) is 8.60. The van der Waals surface area contributed by atoms with Crippen molar-refractivity contribution in [2.24, 2.45) is 4.99 Å². The Morgan fingerprint density at radius 3 is 2.46 bits per heavy atom. The van der Waals surface area contributed by atoms with Crippen molar-refractivity contribution < 1.29 is 13.2 Å². The highest BCUT2D eigenvalue weighted by Gasteiger charge is 2.49. The molecule has 0 spiro atoms. The van der Waals surface area contributed by atoms with E-state index in [4.69, 9.17) is 23.2 Å². The molecular weight excluding hydrogens is 439 g/mol. The zero-order chi connectivity index (χ0) is 19.9. The molecule has 5 nitrogen and oxygen atoms in total. The molecule has 2 atom stereocenters. The van der Waals surface area contributed by atoms with E-state index in [-0.39, 0.29) is 35.1 Å². The molecule has 2 saturated heterocycles. The molecule has 2 heterocycles. The maximum absolute atomic E-state index is 12.6. The maximum Gasteiger partial charge on any atom is 0.252 e. The summed E-state index contributed by atoms with van der Waals surface area (Å²) in [5, 5.41) is 1.31. The van der Waals surface area contributed by atoms with Crippen molar-refractivity contribution in [1.29, 1.82) is 0 Å². The Hall–Kier alpha value is -1.54. The van der Waals surface area contributed by atoms with Gasteiger partial charge in [0.05, 0.1) is 34.7 Å². The lowest BCUT2D eigenvalue weighted by Gasteiger charge is -2.25. The number of para-hydroxylation sites is 1. The minimum atomic E-state index is -3.13. The smallest absolute Gasteiger partial charge is 0.252 e. The average molecular weight is 455 g/mol. The zero-order valence-corrected chi connectivity index (χ0v) is 17.7. The number of amidine groups is 1. The first kappa shape index (κ1) is 19.8. The van der Waals surface area contributed by atoms with Crippen molar-refractivity contribution in [1.82, 2.24) is 0 Å². The summed E-state index contributed by atoms with van der Waals surface area (Å²) >= 11 is 13.8. The van der Waals surface area contributed by atoms with Crippen LogP contribution in [-0.2, 0) is 21.1 Å². The van der Waals surface area contributed by atoms with E-state index in [1.807, 2.05) is 18.2 Å². The lowest BCUT2D eigenvalue weighted by atomic mass is 10.1. The van der Waals surface area contributed by atoms with E-state index >= 15 is 0 Å². The van der Waals surface area contributed by atoms with Gasteiger partial charge in [-0.3, -0.25) is 4.79 Å². The molecule has 2 aromatic rings. The summed E-state index contributed by atoms with van der Waals surface area (Å²) in [6.07, 6.45) is 0.0771. The van der Waals surface area contributed by atoms with Gasteiger partial charge in [-0.05, 0) is 23.8 Å². The largest absolute Gasteiger partial charge is 0.314 e. The number of hydrogen-bond acceptors (Lipinski definition) is 4. The molecule has 0 bridgehead atoms. The Balaban J connectivity index is 1.67. The standard InChI is InChI=1S/C19H16Cl2N2O3S2/c20-13-6-2-1-5-12(13)9-18(24)22-19-23(15-8-4-3-7-14(15)21)16-10-28(25,26)11-17(16)27-19/h1-8,16-17H,9-11H2. The van der Waals surface area contributed by atoms with Crippen LogP contribution in [0.4, 0.5) is 5.69 Å². The number of anilines is 1. The van der Waals surface area contributed by atoms with Crippen LogP contribution in [0.15, 0.2) is 53.5 Å². The Labute approximate surface area is 177 Å². The fourth-order valence-electron chi connectivity index (χ4n) is 3.44. The molecule has 2 unspecified atom stereocenters. The second kappa shape index (κ2) is 7.71. The quantitative estimate of drug-likeness (QED) is 0.704. The minimum absolute atomic E-state index is 0.0214. The second-order valence-electron chi connectivity index (χ2n) is 6.68. The van der Waals surface area contributed by atoms with Crippen LogP contribution in [0.2, 0.25) is 10.0 Å². The Kier molecular flexibility index (Phi) is 5.44. The first-order valence-corrected chi connectivity index (χ1v) is 12.1. The normalized spacial score (nSPS) is 24.5. The van der Waals surface area contributed by atoms with Gasteiger partial charge in [-0.25, -0.2) is 8.42 Å². The van der Waals surface area contributed by atoms with Crippen LogP contribution in [0.1, 0.15) is 5.56 Å². The van der Waals surface area contributed by atoms with Gasteiger partial charge in [-0.15, -0.1) is 0 Å². The topological polar surface area (TPSA) is 66.8 Å². The molecule has 2 aliphatic rings. The average Bonchev–Trinajstić information content (AvgIpc) is 3.08. The number of halogens is 2. The van der Waals surface area contributed by atoms with Crippen LogP contribution in [0.5, 0.6) is 0 Å². The predicted octanol–water partition coefficient (Wildman–Crippen LogP) is 3.84. The van der Waals surface area contributed by atoms with Crippen molar-refractivity contribution in [3.63, 3.8) is 0 Å². The van der Waals surface area contributed by atoms with Gasteiger partial charge >= 0.3 is 0 Å². The van der Waals surface area contributed by atoms with Crippen molar-refractivity contribution in [3.8, 4) is 0 Å². The third kappa shape index (κ3) is 3.94. The van der Waals surface area contributed by atoms with E-state index in [1.54, 1.807) is 35.2 Å². The van der Waals surface area contributed by atoms with Crippen molar-refractivity contribution >= 4 is 61.6 Å². The number of amides is 1. The van der Waals surface area contributed by atoms with Gasteiger partial charge in [0.1, 0.15) is 0 Å². The predicted molar refractivity (Wildman–Crippen MR) is 115 cm³/mol. The van der Waals surface area contributed by atoms with E-state index in [1.165, 1.54) is 11.8 Å². The highest BCUT2D eigenvalue weighted by Crippen LogP contribution is 2.43. The van der Waals surface area contributed by atoms with E-state index in [2.05, 4.69) is 4.99 Å². The van der Waals surface area contributed by atoms with Gasteiger partial charge in [-0.1, -0.05) is 65.3 Å². The molecular formula is C19H16Cl2N2O3S2. The molecule has 28 heavy (non-hydrogen) atoms. The third-order valence-corrected chi connectivity index (χ3v) is 8.60. The number of carbonyl (C=O) groups is 1. The number of nitrogens with zero attached hydrogens (tertiary/aromatic N) is 2. The molecule has 0 aliphatic carbocycles. The van der Waals surface area contributed by atoms with Crippen molar-refractivity contribution in [2.75, 3.05) is 16.4 Å². The van der Waals surface area contributed by atoms with Crippen LogP contribution in [-0.4, -0.2) is 42.3 Å². The van der Waals surface area contributed by atoms with Crippen LogP contribution >= 0.6 is 35.0 Å². The summed E-state index contributed by atoms with van der Waals surface area (Å²) in [6.45, 7) is 0. The highest BCUT2D eigenvalue weighted by molar-refractivity contribution is 8.16. The van der Waals surface area contributed by atoms with Gasteiger partial charge < -0.3 is 4.90 Å². The summed E-state index contributed by atoms with van der Waals surface area (Å²) in [7, 11) is -3.13. The van der Waals surface area contributed by atoms with E-state index in [0.29, 0.717) is 26.5 Å². The number of carbonyl (C=O) groups excluding carboxylic acids is 1. The number of rotatable bonds is 3. The Morgan fingerprint density at radius 1 is 1.07 bits per heavy atom.